The van der Waals surface area contributed by atoms with Gasteiger partial charge in [-0.05, 0) is 95.5 Å². The molecule has 0 bridgehead atoms. The fourth-order valence-corrected chi connectivity index (χ4v) is 6.80. The zero-order valence-corrected chi connectivity index (χ0v) is 26.5. The van der Waals surface area contributed by atoms with E-state index < -0.39 is 16.0 Å². The van der Waals surface area contributed by atoms with Crippen LogP contribution in [0.15, 0.2) is 71.6 Å². The molecule has 0 aliphatic rings. The van der Waals surface area contributed by atoms with Crippen molar-refractivity contribution >= 4 is 39.0 Å². The molecule has 1 heterocycles. The second kappa shape index (κ2) is 13.0. The van der Waals surface area contributed by atoms with Crippen molar-refractivity contribution in [2.45, 2.75) is 59.4 Å². The smallest absolute Gasteiger partial charge is 0.355 e. The van der Waals surface area contributed by atoms with Gasteiger partial charge in [-0.25, -0.2) is 17.5 Å². The highest BCUT2D eigenvalue weighted by atomic mass is 35.5. The summed E-state index contributed by atoms with van der Waals surface area (Å²) in [4.78, 5) is 13.4. The predicted molar refractivity (Wildman–Crippen MR) is 168 cm³/mol. The lowest BCUT2D eigenvalue weighted by molar-refractivity contribution is 0.0512. The zero-order valence-electron chi connectivity index (χ0n) is 24.9. The monoisotopic (exact) mass is 608 g/mol. The van der Waals surface area contributed by atoms with Crippen LogP contribution in [0.25, 0.3) is 0 Å². The minimum absolute atomic E-state index is 0.156. The largest absolute Gasteiger partial charge is 0.494 e. The SMILES string of the molecule is CCOC(=O)c1c(C)c(N(c2ccccc2)S(=O)(=O)c2ccc(C)cc2)c(C)n1CCCOc1cc(C)c(Cl)c(C)c1. The first-order valence-electron chi connectivity index (χ1n) is 13.9. The maximum atomic E-state index is 14.2. The predicted octanol–water partition coefficient (Wildman–Crippen LogP) is 7.86. The number of hydrogen-bond donors (Lipinski definition) is 0. The Morgan fingerprint density at radius 1 is 0.929 bits per heavy atom. The number of carbonyl (C=O) groups is 1. The van der Waals surface area contributed by atoms with Gasteiger partial charge in [-0.1, -0.05) is 47.5 Å². The van der Waals surface area contributed by atoms with E-state index in [1.54, 1.807) is 62.4 Å². The van der Waals surface area contributed by atoms with Crippen molar-refractivity contribution < 1.29 is 22.7 Å². The number of anilines is 2. The highest BCUT2D eigenvalue weighted by molar-refractivity contribution is 7.93. The third-order valence-corrected chi connectivity index (χ3v) is 9.49. The van der Waals surface area contributed by atoms with Crippen molar-refractivity contribution in [3.8, 4) is 5.75 Å². The van der Waals surface area contributed by atoms with Crippen molar-refractivity contribution in [3.05, 3.63) is 105 Å². The number of benzene rings is 3. The topological polar surface area (TPSA) is 77.8 Å². The van der Waals surface area contributed by atoms with Gasteiger partial charge in [-0.15, -0.1) is 0 Å². The molecule has 0 saturated carbocycles. The van der Waals surface area contributed by atoms with E-state index in [0.717, 1.165) is 27.5 Å². The number of sulfonamides is 1. The Hall–Kier alpha value is -3.75. The quantitative estimate of drug-likeness (QED) is 0.128. The molecule has 0 radical (unpaired) electrons. The van der Waals surface area contributed by atoms with Gasteiger partial charge in [0, 0.05) is 22.8 Å². The molecule has 0 aliphatic carbocycles. The lowest BCUT2D eigenvalue weighted by Gasteiger charge is -2.26. The number of aryl methyl sites for hydroxylation is 3. The van der Waals surface area contributed by atoms with E-state index in [0.29, 0.717) is 47.9 Å². The highest BCUT2D eigenvalue weighted by Crippen LogP contribution is 2.40. The van der Waals surface area contributed by atoms with Gasteiger partial charge in [-0.3, -0.25) is 0 Å². The van der Waals surface area contributed by atoms with Crippen LogP contribution in [0.1, 0.15) is 51.8 Å². The summed E-state index contributed by atoms with van der Waals surface area (Å²) in [5, 5.41) is 0.718. The normalized spacial score (nSPS) is 11.4. The molecule has 3 aromatic carbocycles. The molecule has 0 unspecified atom stereocenters. The summed E-state index contributed by atoms with van der Waals surface area (Å²) in [6.07, 6.45) is 0.567. The average molecular weight is 609 g/mol. The first kappa shape index (κ1) is 31.2. The molecule has 0 spiro atoms. The molecule has 0 amide bonds. The first-order valence-corrected chi connectivity index (χ1v) is 15.7. The summed E-state index contributed by atoms with van der Waals surface area (Å²) in [7, 11) is -4.05. The molecule has 7 nitrogen and oxygen atoms in total. The van der Waals surface area contributed by atoms with Crippen LogP contribution < -0.4 is 9.04 Å². The van der Waals surface area contributed by atoms with Crippen LogP contribution in [0, 0.1) is 34.6 Å². The molecule has 42 heavy (non-hydrogen) atoms. The molecule has 0 atom stereocenters. The lowest BCUT2D eigenvalue weighted by atomic mass is 10.1. The maximum Gasteiger partial charge on any atom is 0.355 e. The molecule has 222 valence electrons. The Morgan fingerprint density at radius 3 is 2.14 bits per heavy atom. The van der Waals surface area contributed by atoms with E-state index in [9.17, 15) is 13.2 Å². The van der Waals surface area contributed by atoms with Crippen molar-refractivity contribution in [3.63, 3.8) is 0 Å². The summed E-state index contributed by atoms with van der Waals surface area (Å²) in [5.74, 6) is 0.218. The van der Waals surface area contributed by atoms with Gasteiger partial charge in [0.05, 0.1) is 29.5 Å². The van der Waals surface area contributed by atoms with Crippen LogP contribution in [0.5, 0.6) is 5.75 Å². The van der Waals surface area contributed by atoms with E-state index in [4.69, 9.17) is 21.1 Å². The Bertz CT molecular complexity index is 1660. The third kappa shape index (κ3) is 6.35. The number of nitrogens with zero attached hydrogens (tertiary/aromatic N) is 2. The van der Waals surface area contributed by atoms with Crippen molar-refractivity contribution in [2.24, 2.45) is 0 Å². The number of esters is 1. The summed E-state index contributed by atoms with van der Waals surface area (Å²) in [6, 6.07) is 19.5. The molecule has 0 saturated heterocycles. The third-order valence-electron chi connectivity index (χ3n) is 7.15. The maximum absolute atomic E-state index is 14.2. The number of hydrogen-bond acceptors (Lipinski definition) is 5. The van der Waals surface area contributed by atoms with Gasteiger partial charge >= 0.3 is 5.97 Å². The Morgan fingerprint density at radius 2 is 1.55 bits per heavy atom. The molecule has 0 N–H and O–H groups in total. The molecule has 0 aliphatic heterocycles. The summed E-state index contributed by atoms with van der Waals surface area (Å²) in [5.41, 5.74) is 5.20. The van der Waals surface area contributed by atoms with E-state index in [1.807, 2.05) is 50.5 Å². The van der Waals surface area contributed by atoms with Gasteiger partial charge in [-0.2, -0.15) is 0 Å². The minimum atomic E-state index is -4.05. The number of ether oxygens (including phenoxy) is 2. The van der Waals surface area contributed by atoms with Gasteiger partial charge in [0.15, 0.2) is 0 Å². The van der Waals surface area contributed by atoms with E-state index in [1.165, 1.54) is 4.31 Å². The number of rotatable bonds is 11. The number of para-hydroxylation sites is 1. The van der Waals surface area contributed by atoms with Crippen LogP contribution in [0.3, 0.4) is 0 Å². The van der Waals surface area contributed by atoms with E-state index >= 15 is 0 Å². The Labute approximate surface area is 253 Å². The molecule has 0 fully saturated rings. The van der Waals surface area contributed by atoms with Crippen molar-refractivity contribution in [2.75, 3.05) is 17.5 Å². The number of halogens is 1. The Kier molecular flexibility index (Phi) is 9.69. The van der Waals surface area contributed by atoms with Gasteiger partial charge < -0.3 is 14.0 Å². The van der Waals surface area contributed by atoms with E-state index in [-0.39, 0.29) is 11.5 Å². The van der Waals surface area contributed by atoms with Crippen LogP contribution in [0.4, 0.5) is 11.4 Å². The number of aromatic nitrogens is 1. The summed E-state index contributed by atoms with van der Waals surface area (Å²) < 4.78 is 43.1. The van der Waals surface area contributed by atoms with Crippen molar-refractivity contribution in [1.29, 1.82) is 0 Å². The Balaban J connectivity index is 1.76. The fraction of sp³-hybridized carbons (Fsp3) is 0.303. The first-order chi connectivity index (χ1) is 20.0. The minimum Gasteiger partial charge on any atom is -0.494 e. The molecule has 4 rings (SSSR count). The van der Waals surface area contributed by atoms with Crippen LogP contribution in [-0.2, 0) is 21.3 Å². The number of carbonyl (C=O) groups excluding carboxylic acids is 1. The summed E-state index contributed by atoms with van der Waals surface area (Å²) in [6.45, 7) is 12.1. The standard InChI is InChI=1S/C33H37ClN2O5S/c1-7-40-33(37)32-25(5)31(26(6)35(32)18-11-19-41-28-20-23(3)30(34)24(4)21-28)36(27-12-9-8-10-13-27)42(38,39)29-16-14-22(2)15-17-29/h8-10,12-17,20-21H,7,11,18-19H2,1-6H3. The van der Waals surface area contributed by atoms with E-state index in [2.05, 4.69) is 0 Å². The second-order valence-electron chi connectivity index (χ2n) is 10.3. The van der Waals surface area contributed by atoms with Crippen molar-refractivity contribution in [1.82, 2.24) is 4.57 Å². The molecule has 4 aromatic rings. The average Bonchev–Trinajstić information content (AvgIpc) is 3.19. The van der Waals surface area contributed by atoms with Gasteiger partial charge in [0.25, 0.3) is 10.0 Å². The highest BCUT2D eigenvalue weighted by Gasteiger charge is 2.34. The molecule has 9 heteroatoms. The summed E-state index contributed by atoms with van der Waals surface area (Å²) >= 11 is 6.30. The van der Waals surface area contributed by atoms with Crippen LogP contribution in [-0.4, -0.2) is 32.2 Å². The van der Waals surface area contributed by atoms with Gasteiger partial charge in [0.1, 0.15) is 11.4 Å². The molecule has 1 aromatic heterocycles. The zero-order chi connectivity index (χ0) is 30.6. The lowest BCUT2D eigenvalue weighted by Crippen LogP contribution is -2.27. The fourth-order valence-electron chi connectivity index (χ4n) is 5.09. The van der Waals surface area contributed by atoms with Crippen LogP contribution >= 0.6 is 11.6 Å². The van der Waals surface area contributed by atoms with Gasteiger partial charge in [0.2, 0.25) is 0 Å². The molecular formula is C33H37ClN2O5S. The second-order valence-corrected chi connectivity index (χ2v) is 12.4. The molecular weight excluding hydrogens is 572 g/mol. The van der Waals surface area contributed by atoms with Crippen LogP contribution in [0.2, 0.25) is 5.02 Å².